The van der Waals surface area contributed by atoms with Crippen molar-refractivity contribution < 1.29 is 0 Å². The highest BCUT2D eigenvalue weighted by Gasteiger charge is 2.03. The first kappa shape index (κ1) is 14.0. The maximum Gasteiger partial charge on any atom is 0.0122 e. The second kappa shape index (κ2) is 6.19. The van der Waals surface area contributed by atoms with E-state index < -0.39 is 0 Å². The molecule has 0 saturated heterocycles. The van der Waals surface area contributed by atoms with E-state index in [1.165, 1.54) is 32.0 Å². The third kappa shape index (κ3) is 3.37. The lowest BCUT2D eigenvalue weighted by molar-refractivity contribution is 1.36. The Kier molecular flexibility index (Phi) is 4.12. The van der Waals surface area contributed by atoms with Crippen LogP contribution in [0.1, 0.15) is 11.1 Å². The number of rotatable bonds is 3. The van der Waals surface area contributed by atoms with E-state index in [2.05, 4.69) is 80.6 Å². The van der Waals surface area contributed by atoms with Crippen molar-refractivity contribution in [3.8, 4) is 11.1 Å². The van der Waals surface area contributed by atoms with E-state index in [1.807, 2.05) is 6.07 Å². The molecule has 0 spiro atoms. The summed E-state index contributed by atoms with van der Waals surface area (Å²) in [6.45, 7) is 4.20. The van der Waals surface area contributed by atoms with Crippen molar-refractivity contribution in [1.82, 2.24) is 0 Å². The molecule has 3 aromatic rings. The largest absolute Gasteiger partial charge is 0.0901 e. The topological polar surface area (TPSA) is 0 Å². The molecule has 0 unspecified atom stereocenters. The molecule has 0 aliphatic carbocycles. The van der Waals surface area contributed by atoms with E-state index in [1.54, 1.807) is 11.8 Å². The van der Waals surface area contributed by atoms with Crippen LogP contribution in [-0.2, 0) is 0 Å². The summed E-state index contributed by atoms with van der Waals surface area (Å²) < 4.78 is 0. The Balaban J connectivity index is 1.84. The first-order valence-corrected chi connectivity index (χ1v) is 7.87. The molecule has 1 heteroatoms. The van der Waals surface area contributed by atoms with Gasteiger partial charge in [-0.2, -0.15) is 0 Å². The molecule has 1 radical (unpaired) electrons. The monoisotopic (exact) mass is 289 g/mol. The Labute approximate surface area is 130 Å². The van der Waals surface area contributed by atoms with E-state index in [9.17, 15) is 0 Å². The number of hydrogen-bond acceptors (Lipinski definition) is 1. The standard InChI is InChI=1S/C20H17S/c1-15-8-13-20(16(2)14-15)17-9-11-19(12-10-17)21-18-6-4-3-5-7-18/h3-13H,1-2H3. The van der Waals surface area contributed by atoms with Crippen LogP contribution in [0.25, 0.3) is 11.1 Å². The molecule has 103 valence electrons. The average Bonchev–Trinajstić information content (AvgIpc) is 2.49. The predicted molar refractivity (Wildman–Crippen MR) is 90.8 cm³/mol. The molecular weight excluding hydrogens is 272 g/mol. The van der Waals surface area contributed by atoms with Crippen molar-refractivity contribution in [3.63, 3.8) is 0 Å². The maximum absolute atomic E-state index is 3.39. The molecule has 0 fully saturated rings. The van der Waals surface area contributed by atoms with E-state index >= 15 is 0 Å². The van der Waals surface area contributed by atoms with E-state index in [4.69, 9.17) is 0 Å². The second-order valence-electron chi connectivity index (χ2n) is 5.12. The van der Waals surface area contributed by atoms with Crippen molar-refractivity contribution in [2.24, 2.45) is 0 Å². The zero-order valence-corrected chi connectivity index (χ0v) is 13.1. The van der Waals surface area contributed by atoms with Gasteiger partial charge in [-0.3, -0.25) is 0 Å². The van der Waals surface area contributed by atoms with Crippen LogP contribution in [0.15, 0.2) is 76.5 Å². The van der Waals surface area contributed by atoms with Gasteiger partial charge in [-0.15, -0.1) is 0 Å². The van der Waals surface area contributed by atoms with Gasteiger partial charge in [0.2, 0.25) is 0 Å². The summed E-state index contributed by atoms with van der Waals surface area (Å²) in [5.41, 5.74) is 4.91. The molecule has 21 heavy (non-hydrogen) atoms. The van der Waals surface area contributed by atoms with Gasteiger partial charge < -0.3 is 0 Å². The van der Waals surface area contributed by atoms with Gasteiger partial charge in [-0.1, -0.05) is 54.2 Å². The van der Waals surface area contributed by atoms with Gasteiger partial charge in [-0.25, -0.2) is 0 Å². The molecule has 0 aromatic heterocycles. The summed E-state index contributed by atoms with van der Waals surface area (Å²) in [5.74, 6) is 0. The normalized spacial score (nSPS) is 10.6. The minimum Gasteiger partial charge on any atom is -0.0901 e. The minimum atomic E-state index is 1.19. The summed E-state index contributed by atoms with van der Waals surface area (Å²) >= 11 is 1.79. The van der Waals surface area contributed by atoms with E-state index in [-0.39, 0.29) is 0 Å². The van der Waals surface area contributed by atoms with E-state index in [0.29, 0.717) is 0 Å². The number of aryl methyl sites for hydroxylation is 2. The molecule has 0 atom stereocenters. The summed E-state index contributed by atoms with van der Waals surface area (Å²) in [4.78, 5) is 2.53. The zero-order chi connectivity index (χ0) is 14.7. The Hall–Kier alpha value is -1.99. The summed E-state index contributed by atoms with van der Waals surface area (Å²) in [6.07, 6.45) is 0. The lowest BCUT2D eigenvalue weighted by Gasteiger charge is -2.08. The van der Waals surface area contributed by atoms with Gasteiger partial charge in [0.25, 0.3) is 0 Å². The highest BCUT2D eigenvalue weighted by atomic mass is 32.2. The Morgan fingerprint density at radius 1 is 0.714 bits per heavy atom. The Morgan fingerprint density at radius 3 is 2.05 bits per heavy atom. The van der Waals surface area contributed by atoms with Crippen LogP contribution < -0.4 is 0 Å². The molecular formula is C20H17S. The fourth-order valence-electron chi connectivity index (χ4n) is 2.38. The number of benzene rings is 3. The smallest absolute Gasteiger partial charge is 0.0122 e. The molecule has 0 nitrogen and oxygen atoms in total. The second-order valence-corrected chi connectivity index (χ2v) is 6.27. The SMILES string of the molecule is Cc1[c]c(C)c(-c2ccc(Sc3ccccc3)cc2)cc1. The van der Waals surface area contributed by atoms with Gasteiger partial charge in [0, 0.05) is 9.79 Å². The van der Waals surface area contributed by atoms with Crippen molar-refractivity contribution in [2.45, 2.75) is 23.6 Å². The van der Waals surface area contributed by atoms with Crippen molar-refractivity contribution in [3.05, 3.63) is 83.9 Å². The molecule has 0 N–H and O–H groups in total. The van der Waals surface area contributed by atoms with Crippen LogP contribution in [0, 0.1) is 19.9 Å². The lowest BCUT2D eigenvalue weighted by Crippen LogP contribution is -1.85. The average molecular weight is 289 g/mol. The number of hydrogen-bond donors (Lipinski definition) is 0. The van der Waals surface area contributed by atoms with Crippen molar-refractivity contribution >= 4 is 11.8 Å². The highest BCUT2D eigenvalue weighted by molar-refractivity contribution is 7.99. The summed E-state index contributed by atoms with van der Waals surface area (Å²) in [5, 5.41) is 0. The first-order chi connectivity index (χ1) is 10.2. The Morgan fingerprint density at radius 2 is 1.38 bits per heavy atom. The maximum atomic E-state index is 3.39. The first-order valence-electron chi connectivity index (χ1n) is 7.05. The highest BCUT2D eigenvalue weighted by Crippen LogP contribution is 2.30. The van der Waals surface area contributed by atoms with Crippen LogP contribution in [0.5, 0.6) is 0 Å². The lowest BCUT2D eigenvalue weighted by atomic mass is 9.99. The predicted octanol–water partition coefficient (Wildman–Crippen LogP) is 5.92. The molecule has 0 heterocycles. The van der Waals surface area contributed by atoms with Crippen LogP contribution in [0.2, 0.25) is 0 Å². The molecule has 0 bridgehead atoms. The van der Waals surface area contributed by atoms with Gasteiger partial charge >= 0.3 is 0 Å². The molecule has 0 aliphatic rings. The molecule has 3 aromatic carbocycles. The van der Waals surface area contributed by atoms with Crippen molar-refractivity contribution in [2.75, 3.05) is 0 Å². The molecule has 0 aliphatic heterocycles. The van der Waals surface area contributed by atoms with Gasteiger partial charge in [0.1, 0.15) is 0 Å². The van der Waals surface area contributed by atoms with E-state index in [0.717, 1.165) is 0 Å². The third-order valence-corrected chi connectivity index (χ3v) is 4.45. The van der Waals surface area contributed by atoms with Crippen molar-refractivity contribution in [1.29, 1.82) is 0 Å². The third-order valence-electron chi connectivity index (χ3n) is 3.43. The fourth-order valence-corrected chi connectivity index (χ4v) is 3.22. The van der Waals surface area contributed by atoms with Gasteiger partial charge in [0.05, 0.1) is 0 Å². The summed E-state index contributed by atoms with van der Waals surface area (Å²) in [7, 11) is 0. The van der Waals surface area contributed by atoms with Crippen LogP contribution in [0.3, 0.4) is 0 Å². The van der Waals surface area contributed by atoms with Crippen LogP contribution in [0.4, 0.5) is 0 Å². The van der Waals surface area contributed by atoms with Crippen LogP contribution >= 0.6 is 11.8 Å². The fraction of sp³-hybridized carbons (Fsp3) is 0.100. The minimum absolute atomic E-state index is 1.19. The molecule has 0 saturated carbocycles. The molecule has 0 amide bonds. The van der Waals surface area contributed by atoms with Gasteiger partial charge in [0.15, 0.2) is 0 Å². The summed E-state index contributed by atoms with van der Waals surface area (Å²) in [6, 6.07) is 26.9. The Bertz CT molecular complexity index is 728. The molecule has 3 rings (SSSR count). The van der Waals surface area contributed by atoms with Gasteiger partial charge in [-0.05, 0) is 66.4 Å². The zero-order valence-electron chi connectivity index (χ0n) is 12.3. The quantitative estimate of drug-likeness (QED) is 0.576. The van der Waals surface area contributed by atoms with Crippen LogP contribution in [-0.4, -0.2) is 0 Å².